The quantitative estimate of drug-likeness (QED) is 0.0211. The molecular formula is C92H160NO8+. The lowest BCUT2D eigenvalue weighted by Gasteiger charge is -2.25. The van der Waals surface area contributed by atoms with E-state index in [4.69, 9.17) is 18.9 Å². The van der Waals surface area contributed by atoms with Gasteiger partial charge in [-0.15, -0.1) is 0 Å². The Bertz CT molecular complexity index is 2130. The number of likely N-dealkylation sites (N-methyl/N-ethyl adjacent to an activating group) is 1. The Morgan fingerprint density at radius 3 is 0.842 bits per heavy atom. The van der Waals surface area contributed by atoms with Crippen molar-refractivity contribution in [3.05, 3.63) is 134 Å². The van der Waals surface area contributed by atoms with Gasteiger partial charge >= 0.3 is 17.9 Å². The first-order valence-corrected chi connectivity index (χ1v) is 42.3. The Balaban J connectivity index is 4.01. The van der Waals surface area contributed by atoms with Gasteiger partial charge in [0.25, 0.3) is 6.29 Å². The first-order valence-electron chi connectivity index (χ1n) is 42.3. The first kappa shape index (κ1) is 96.4. The Morgan fingerprint density at radius 1 is 0.307 bits per heavy atom. The van der Waals surface area contributed by atoms with E-state index >= 15 is 0 Å². The van der Waals surface area contributed by atoms with Crippen molar-refractivity contribution in [2.75, 3.05) is 47.5 Å². The largest absolute Gasteiger partial charge is 0.477 e. The number of aliphatic carboxylic acids is 1. The van der Waals surface area contributed by atoms with Gasteiger partial charge in [0.2, 0.25) is 0 Å². The van der Waals surface area contributed by atoms with E-state index in [1.54, 1.807) is 0 Å². The summed E-state index contributed by atoms with van der Waals surface area (Å²) >= 11 is 0. The predicted molar refractivity (Wildman–Crippen MR) is 438 cm³/mol. The third-order valence-electron chi connectivity index (χ3n) is 18.4. The van der Waals surface area contributed by atoms with Gasteiger partial charge < -0.3 is 28.5 Å². The van der Waals surface area contributed by atoms with Crippen molar-refractivity contribution >= 4 is 17.9 Å². The molecule has 9 nitrogen and oxygen atoms in total. The van der Waals surface area contributed by atoms with Crippen LogP contribution >= 0.6 is 0 Å². The maximum Gasteiger partial charge on any atom is 0.361 e. The average molecular weight is 1410 g/mol. The van der Waals surface area contributed by atoms with Crippen LogP contribution in [0.5, 0.6) is 0 Å². The number of nitrogens with zero attached hydrogens (tertiary/aromatic N) is 1. The van der Waals surface area contributed by atoms with Crippen LogP contribution in [-0.2, 0) is 33.3 Å². The molecule has 0 aliphatic rings. The van der Waals surface area contributed by atoms with E-state index in [2.05, 4.69) is 148 Å². The molecule has 580 valence electrons. The molecular weight excluding hydrogens is 1250 g/mol. The normalized spacial score (nSPS) is 13.3. The smallest absolute Gasteiger partial charge is 0.361 e. The van der Waals surface area contributed by atoms with Gasteiger partial charge in [-0.2, -0.15) is 0 Å². The molecule has 0 aromatic rings. The topological polar surface area (TPSA) is 108 Å². The van der Waals surface area contributed by atoms with Crippen LogP contribution < -0.4 is 0 Å². The Hall–Kier alpha value is -4.57. The molecule has 101 heavy (non-hydrogen) atoms. The number of rotatable bonds is 78. The number of esters is 2. The molecule has 0 aliphatic carbocycles. The van der Waals surface area contributed by atoms with Crippen molar-refractivity contribution in [3.8, 4) is 0 Å². The minimum Gasteiger partial charge on any atom is -0.477 e. The van der Waals surface area contributed by atoms with Crippen LogP contribution in [0.15, 0.2) is 134 Å². The maximum atomic E-state index is 13.0. The minimum absolute atomic E-state index is 0.184. The lowest BCUT2D eigenvalue weighted by Crippen LogP contribution is -2.40. The molecule has 0 aromatic heterocycles. The second-order valence-electron chi connectivity index (χ2n) is 29.4. The third-order valence-corrected chi connectivity index (χ3v) is 18.4. The fourth-order valence-electron chi connectivity index (χ4n) is 12.0. The molecule has 0 saturated carbocycles. The summed E-state index contributed by atoms with van der Waals surface area (Å²) in [6.07, 6.45) is 115. The van der Waals surface area contributed by atoms with Crippen LogP contribution in [0.3, 0.4) is 0 Å². The summed E-state index contributed by atoms with van der Waals surface area (Å²) < 4.78 is 23.1. The SMILES string of the molecule is CC/C=C\C/C=C\C/C=C\C/C=C\C/C=C\C/C=C\C/C=C\C/C=C\CCCCCCCCCCCCCCC(=O)OC(COC(=O)CCCCCCCCCCCCCCCCCCCCCCCCCC/C=C\C/C=C\C/C=C\CCCCCCC)COC(OCC[N+](C)(C)C)C(=O)O. The van der Waals surface area contributed by atoms with E-state index in [1.165, 1.54) is 238 Å². The van der Waals surface area contributed by atoms with E-state index in [1.807, 2.05) is 21.1 Å². The van der Waals surface area contributed by atoms with Gasteiger partial charge in [-0.05, 0) is 116 Å². The van der Waals surface area contributed by atoms with Gasteiger partial charge in [0.15, 0.2) is 6.10 Å². The molecule has 2 atom stereocenters. The summed E-state index contributed by atoms with van der Waals surface area (Å²) in [7, 11) is 5.99. The second-order valence-corrected chi connectivity index (χ2v) is 29.4. The monoisotopic (exact) mass is 1410 g/mol. The zero-order valence-electron chi connectivity index (χ0n) is 66.5. The summed E-state index contributed by atoms with van der Waals surface area (Å²) in [5.74, 6) is -2.00. The number of carbonyl (C=O) groups excluding carboxylic acids is 2. The number of carboxylic acids is 1. The fourth-order valence-corrected chi connectivity index (χ4v) is 12.0. The van der Waals surface area contributed by atoms with Crippen LogP contribution in [0.4, 0.5) is 0 Å². The van der Waals surface area contributed by atoms with Gasteiger partial charge in [0.1, 0.15) is 13.2 Å². The van der Waals surface area contributed by atoms with Crippen molar-refractivity contribution in [3.63, 3.8) is 0 Å². The number of unbranched alkanes of at least 4 members (excludes halogenated alkanes) is 41. The highest BCUT2D eigenvalue weighted by atomic mass is 16.7. The van der Waals surface area contributed by atoms with E-state index < -0.39 is 24.3 Å². The highest BCUT2D eigenvalue weighted by Crippen LogP contribution is 2.19. The van der Waals surface area contributed by atoms with Crippen LogP contribution in [0, 0.1) is 0 Å². The molecule has 2 unspecified atom stereocenters. The summed E-state index contributed by atoms with van der Waals surface area (Å²) in [6, 6.07) is 0. The molecule has 9 heteroatoms. The summed E-state index contributed by atoms with van der Waals surface area (Å²) in [6.45, 7) is 4.78. The number of carboxylic acid groups (broad SMARTS) is 1. The molecule has 0 aromatic carbocycles. The van der Waals surface area contributed by atoms with Crippen LogP contribution in [0.1, 0.15) is 373 Å². The van der Waals surface area contributed by atoms with Gasteiger partial charge in [-0.25, -0.2) is 4.79 Å². The van der Waals surface area contributed by atoms with E-state index in [-0.39, 0.29) is 32.2 Å². The van der Waals surface area contributed by atoms with Gasteiger partial charge in [-0.3, -0.25) is 9.59 Å². The summed E-state index contributed by atoms with van der Waals surface area (Å²) in [5.41, 5.74) is 0. The van der Waals surface area contributed by atoms with Crippen molar-refractivity contribution in [1.29, 1.82) is 0 Å². The molecule has 0 rings (SSSR count). The first-order chi connectivity index (χ1) is 49.6. The van der Waals surface area contributed by atoms with Gasteiger partial charge in [0, 0.05) is 12.8 Å². The predicted octanol–water partition coefficient (Wildman–Crippen LogP) is 27.6. The number of quaternary nitrogens is 1. The van der Waals surface area contributed by atoms with Crippen LogP contribution in [-0.4, -0.2) is 87.4 Å². The number of hydrogen-bond acceptors (Lipinski definition) is 7. The summed E-state index contributed by atoms with van der Waals surface area (Å²) in [4.78, 5) is 37.8. The van der Waals surface area contributed by atoms with Crippen molar-refractivity contribution in [1.82, 2.24) is 0 Å². The molecule has 0 heterocycles. The molecule has 0 spiro atoms. The molecule has 1 N–H and O–H groups in total. The number of hydrogen-bond donors (Lipinski definition) is 1. The number of allylic oxidation sites excluding steroid dienone is 22. The van der Waals surface area contributed by atoms with Crippen molar-refractivity contribution < 1.29 is 42.9 Å². The van der Waals surface area contributed by atoms with E-state index in [9.17, 15) is 19.5 Å². The zero-order valence-corrected chi connectivity index (χ0v) is 66.5. The van der Waals surface area contributed by atoms with Gasteiger partial charge in [0.05, 0.1) is 34.4 Å². The lowest BCUT2D eigenvalue weighted by molar-refractivity contribution is -0.870. The molecule has 0 aliphatic heterocycles. The standard InChI is InChI=1S/C92H159NO8/c1-6-8-10-12-14-16-18-20-22-24-26-28-30-32-34-36-38-40-42-44-45-47-48-50-52-54-56-58-60-62-64-66-68-70-72-74-76-78-80-82-89(94)99-86-88(87-100-92(91(96)97)98-85-84-93(3,4)5)101-90(95)83-81-79-77-75-73-71-69-67-65-63-61-59-57-55-53-51-49-46-43-41-39-37-35-33-31-29-27-25-23-21-19-17-15-13-11-9-7-2/h9,11,15,17-18,20-21,23-24,26-27,29-30,32-33,35,39,41,46,49,53,55,88,92H,6-8,10,12-14,16,19,22,25,28,31,34,36-38,40,42-45,47-48,50-52,54,56-87H2,1-5H3/p+1/b11-9-,17-15-,20-18-,23-21-,26-24-,29-27-,32-30-,35-33-,41-39-,49-46-,55-53-. The van der Waals surface area contributed by atoms with Crippen molar-refractivity contribution in [2.45, 2.75) is 386 Å². The summed E-state index contributed by atoms with van der Waals surface area (Å²) in [5, 5.41) is 9.79. The molecule has 0 fully saturated rings. The highest BCUT2D eigenvalue weighted by molar-refractivity contribution is 5.71. The molecule has 0 amide bonds. The Labute approximate surface area is 624 Å². The fraction of sp³-hybridized carbons (Fsp3) is 0.728. The molecule has 0 radical (unpaired) electrons. The number of carbonyl (C=O) groups is 3. The zero-order chi connectivity index (χ0) is 73.2. The minimum atomic E-state index is -1.52. The van der Waals surface area contributed by atoms with Crippen LogP contribution in [0.2, 0.25) is 0 Å². The average Bonchev–Trinajstić information content (AvgIpc) is 1.25. The molecule has 0 bridgehead atoms. The van der Waals surface area contributed by atoms with E-state index in [0.29, 0.717) is 23.9 Å². The number of ether oxygens (including phenoxy) is 4. The van der Waals surface area contributed by atoms with E-state index in [0.717, 1.165) is 103 Å². The highest BCUT2D eigenvalue weighted by Gasteiger charge is 2.25. The lowest BCUT2D eigenvalue weighted by atomic mass is 10.0. The third kappa shape index (κ3) is 82.6. The Morgan fingerprint density at radius 2 is 0.564 bits per heavy atom. The Kier molecular flexibility index (Phi) is 77.4. The maximum absolute atomic E-state index is 13.0. The van der Waals surface area contributed by atoms with Gasteiger partial charge in [-0.1, -0.05) is 379 Å². The van der Waals surface area contributed by atoms with Crippen molar-refractivity contribution in [2.24, 2.45) is 0 Å². The van der Waals surface area contributed by atoms with Crippen LogP contribution in [0.25, 0.3) is 0 Å². The second kappa shape index (κ2) is 81.1. The molecule has 0 saturated heterocycles.